The van der Waals surface area contributed by atoms with E-state index in [1.54, 1.807) is 35.4 Å². The Hall–Kier alpha value is -7.14. The van der Waals surface area contributed by atoms with E-state index in [2.05, 4.69) is 65.9 Å². The first-order valence-corrected chi connectivity index (χ1v) is 24.9. The van der Waals surface area contributed by atoms with E-state index in [9.17, 15) is 35.9 Å². The quantitative estimate of drug-likeness (QED) is 0.121. The Morgan fingerprint density at radius 1 is 0.595 bits per heavy atom. The van der Waals surface area contributed by atoms with E-state index in [1.165, 1.54) is 40.9 Å². The summed E-state index contributed by atoms with van der Waals surface area (Å²) in [5, 5.41) is 21.8. The molecule has 6 heterocycles. The number of likely N-dealkylation sites (N-methyl/N-ethyl adjacent to an activating group) is 1. The van der Waals surface area contributed by atoms with Crippen molar-refractivity contribution < 1.29 is 59.6 Å². The van der Waals surface area contributed by atoms with Gasteiger partial charge in [-0.05, 0) is 56.4 Å². The zero-order chi connectivity index (χ0) is 52.5. The minimum atomic E-state index is -4.74. The molecule has 2 aliphatic heterocycles. The fourth-order valence-corrected chi connectivity index (χ4v) is 10.7. The van der Waals surface area contributed by atoms with E-state index in [-0.39, 0.29) is 45.1 Å². The van der Waals surface area contributed by atoms with Crippen LogP contribution in [0.1, 0.15) is 81.5 Å². The molecule has 0 unspecified atom stereocenters. The van der Waals surface area contributed by atoms with Gasteiger partial charge in [-0.2, -0.15) is 36.3 Å². The van der Waals surface area contributed by atoms with Crippen LogP contribution >= 0.6 is 22.7 Å². The van der Waals surface area contributed by atoms with Crippen LogP contribution in [0.5, 0.6) is 0 Å². The number of ether oxygens (including phenoxy) is 2. The van der Waals surface area contributed by atoms with E-state index in [0.717, 1.165) is 73.3 Å². The van der Waals surface area contributed by atoms with Gasteiger partial charge >= 0.3 is 30.1 Å². The molecular formula is C52H47F6N7O7S2. The molecule has 4 aromatic heterocycles. The highest BCUT2D eigenvalue weighted by Gasteiger charge is 2.41. The van der Waals surface area contributed by atoms with Gasteiger partial charge in [0.1, 0.15) is 5.01 Å². The Morgan fingerprint density at radius 3 is 1.45 bits per heavy atom. The van der Waals surface area contributed by atoms with E-state index in [4.69, 9.17) is 24.5 Å². The largest absolute Gasteiger partial charge is 0.478 e. The van der Waals surface area contributed by atoms with Crippen LogP contribution in [0.3, 0.4) is 0 Å². The highest BCUT2D eigenvalue weighted by molar-refractivity contribution is 7.10. The second-order valence-corrected chi connectivity index (χ2v) is 19.1. The van der Waals surface area contributed by atoms with Gasteiger partial charge in [0.25, 0.3) is 5.91 Å². The van der Waals surface area contributed by atoms with Crippen molar-refractivity contribution >= 4 is 34.6 Å². The molecular weight excluding hydrogens is 1010 g/mol. The Morgan fingerprint density at radius 2 is 1.01 bits per heavy atom. The average Bonchev–Trinajstić information content (AvgIpc) is 4.28. The Labute approximate surface area is 428 Å². The molecule has 386 valence electrons. The first-order valence-electron chi connectivity index (χ1n) is 23.2. The number of aromatic nitrogens is 6. The number of hydrogen-bond acceptors (Lipinski definition) is 14. The maximum Gasteiger partial charge on any atom is 0.471 e. The van der Waals surface area contributed by atoms with Crippen molar-refractivity contribution in [2.24, 2.45) is 0 Å². The van der Waals surface area contributed by atoms with Crippen molar-refractivity contribution in [3.63, 3.8) is 0 Å². The Bertz CT molecular complexity index is 3130. The fourth-order valence-electron chi connectivity index (χ4n) is 8.44. The van der Waals surface area contributed by atoms with Gasteiger partial charge in [0, 0.05) is 89.4 Å². The number of hydrogen-bond donors (Lipinski definition) is 1. The van der Waals surface area contributed by atoms with Crippen LogP contribution in [0.15, 0.2) is 129 Å². The zero-order valence-corrected chi connectivity index (χ0v) is 41.4. The molecule has 1 amide bonds. The van der Waals surface area contributed by atoms with Gasteiger partial charge < -0.3 is 28.5 Å². The summed E-state index contributed by atoms with van der Waals surface area (Å²) < 4.78 is 94.8. The molecule has 0 radical (unpaired) electrons. The van der Waals surface area contributed by atoms with Gasteiger partial charge in [-0.3, -0.25) is 4.79 Å². The first-order chi connectivity index (χ1) is 35.5. The lowest BCUT2D eigenvalue weighted by Gasteiger charge is -2.38. The second-order valence-electron chi connectivity index (χ2n) is 17.4. The summed E-state index contributed by atoms with van der Waals surface area (Å²) in [5.74, 6) is -4.93. The number of carboxylic acid groups (broad SMARTS) is 1. The molecule has 22 heteroatoms. The molecule has 0 atom stereocenters. The average molecular weight is 1060 g/mol. The summed E-state index contributed by atoms with van der Waals surface area (Å²) in [7, 11) is 1.72. The minimum absolute atomic E-state index is 0.0779. The second kappa shape index (κ2) is 23.0. The summed E-state index contributed by atoms with van der Waals surface area (Å²) in [6.45, 7) is 5.56. The fraction of sp³-hybridized carbons (Fsp3) is 0.308. The molecule has 10 rings (SSSR count). The van der Waals surface area contributed by atoms with Gasteiger partial charge in [-0.1, -0.05) is 102 Å². The van der Waals surface area contributed by atoms with Gasteiger partial charge in [0.15, 0.2) is 0 Å². The van der Waals surface area contributed by atoms with Crippen LogP contribution in [0.2, 0.25) is 0 Å². The van der Waals surface area contributed by atoms with Crippen LogP contribution in [0, 0.1) is 0 Å². The van der Waals surface area contributed by atoms with E-state index in [0.29, 0.717) is 25.3 Å². The zero-order valence-electron chi connectivity index (χ0n) is 39.7. The van der Waals surface area contributed by atoms with Crippen molar-refractivity contribution in [2.75, 3.05) is 40.0 Å². The maximum absolute atomic E-state index is 13.4. The minimum Gasteiger partial charge on any atom is -0.478 e. The van der Waals surface area contributed by atoms with Crippen molar-refractivity contribution in [1.29, 1.82) is 0 Å². The summed E-state index contributed by atoms with van der Waals surface area (Å²) in [6, 6.07) is 31.8. The van der Waals surface area contributed by atoms with Crippen LogP contribution in [0.25, 0.3) is 45.3 Å². The Balaban J connectivity index is 0.000000165. The smallest absolute Gasteiger partial charge is 0.471 e. The number of thiazole rings is 2. The van der Waals surface area contributed by atoms with Gasteiger partial charge in [-0.25, -0.2) is 14.8 Å². The lowest BCUT2D eigenvalue weighted by Crippen LogP contribution is -2.45. The molecule has 0 spiro atoms. The molecule has 74 heavy (non-hydrogen) atoms. The standard InChI is InChI=1S/C26H23F3N4O3S.C16H19NOS.C10H5F3N2O3/c1-33(22(34)19-9-5-8-18(14-19)21-31-23(36-32-21)26(27,28)29)16-25(10-12-35-13-11-25)24-30-20(15-37-24)17-6-3-2-4-7-17;1-2-16(8-10-18-11-9-16)15-17-14(12-19-15)13-6-4-3-5-7-13;11-10(12,13)9-14-7(15-18-9)5-2-1-3-6(4-5)8(16)17/h2-9,14-15H,10-13,16H2,1H3;3-7,12H,2,8-11H2,1H3;1-4H,(H,16,17). The number of amides is 1. The highest BCUT2D eigenvalue weighted by Crippen LogP contribution is 2.42. The number of alkyl halides is 6. The molecule has 0 aliphatic carbocycles. The third-order valence-corrected chi connectivity index (χ3v) is 14.8. The van der Waals surface area contributed by atoms with Crippen LogP contribution < -0.4 is 0 Å². The summed E-state index contributed by atoms with van der Waals surface area (Å²) in [5.41, 5.74) is 4.75. The SMILES string of the molecule is CCC1(c2nc(-c3ccccc3)cs2)CCOCC1.CN(CC1(c2nc(-c3ccccc3)cs2)CCOCC1)C(=O)c1cccc(-c2noc(C(F)(F)F)n2)c1.O=C(O)c1cccc(-c2noc(C(F)(F)F)n2)c1. The molecule has 4 aromatic carbocycles. The van der Waals surface area contributed by atoms with Crippen molar-refractivity contribution in [3.8, 4) is 45.3 Å². The number of nitrogens with zero attached hydrogens (tertiary/aromatic N) is 7. The maximum atomic E-state index is 13.4. The molecule has 2 aliphatic rings. The van der Waals surface area contributed by atoms with E-state index >= 15 is 0 Å². The molecule has 2 fully saturated rings. The van der Waals surface area contributed by atoms with E-state index < -0.39 is 30.1 Å². The molecule has 8 aromatic rings. The molecule has 2 saturated heterocycles. The van der Waals surface area contributed by atoms with Crippen LogP contribution in [0.4, 0.5) is 26.3 Å². The number of rotatable bonds is 11. The highest BCUT2D eigenvalue weighted by atomic mass is 32.1. The van der Waals surface area contributed by atoms with Crippen molar-refractivity contribution in [1.82, 2.24) is 35.1 Å². The molecule has 0 bridgehead atoms. The van der Waals surface area contributed by atoms with Gasteiger partial charge in [0.05, 0.1) is 22.0 Å². The molecule has 1 N–H and O–H groups in total. The number of carbonyl (C=O) groups is 2. The number of benzene rings is 4. The van der Waals surface area contributed by atoms with Crippen molar-refractivity contribution in [2.45, 2.75) is 62.2 Å². The normalized spacial score (nSPS) is 15.2. The van der Waals surface area contributed by atoms with Gasteiger partial charge in [-0.15, -0.1) is 22.7 Å². The first kappa shape index (κ1) is 53.2. The predicted molar refractivity (Wildman–Crippen MR) is 262 cm³/mol. The third-order valence-electron chi connectivity index (χ3n) is 12.6. The Kier molecular flexibility index (Phi) is 16.5. The summed E-state index contributed by atoms with van der Waals surface area (Å²) in [4.78, 5) is 42.2. The number of carboxylic acids is 1. The lowest BCUT2D eigenvalue weighted by atomic mass is 9.78. The summed E-state index contributed by atoms with van der Waals surface area (Å²) >= 11 is 3.39. The predicted octanol–water partition coefficient (Wildman–Crippen LogP) is 12.4. The topological polar surface area (TPSA) is 180 Å². The lowest BCUT2D eigenvalue weighted by molar-refractivity contribution is -0.160. The third kappa shape index (κ3) is 12.6. The molecule has 0 saturated carbocycles. The van der Waals surface area contributed by atoms with Crippen molar-refractivity contribution in [3.05, 3.63) is 153 Å². The van der Waals surface area contributed by atoms with E-state index in [1.807, 2.05) is 53.1 Å². The number of halogens is 6. The van der Waals surface area contributed by atoms with Crippen LogP contribution in [-0.4, -0.2) is 92.2 Å². The molecule has 14 nitrogen and oxygen atoms in total. The number of carbonyl (C=O) groups excluding carboxylic acids is 1. The number of aromatic carboxylic acids is 1. The van der Waals surface area contributed by atoms with Crippen LogP contribution in [-0.2, 0) is 32.7 Å². The monoisotopic (exact) mass is 1060 g/mol. The van der Waals surface area contributed by atoms with Gasteiger partial charge in [0.2, 0.25) is 11.6 Å². The summed E-state index contributed by atoms with van der Waals surface area (Å²) in [6.07, 6.45) is -4.68.